The molecule has 0 spiro atoms. The Morgan fingerprint density at radius 1 is 1.09 bits per heavy atom. The molecule has 10 heteroatoms. The molecule has 1 atom stereocenters. The molecule has 2 amide bonds. The van der Waals surface area contributed by atoms with Gasteiger partial charge in [0.25, 0.3) is 5.91 Å². The minimum absolute atomic E-state index is 0.250. The van der Waals surface area contributed by atoms with Gasteiger partial charge in [-0.15, -0.1) is 0 Å². The minimum Gasteiger partial charge on any atom is -0.454 e. The van der Waals surface area contributed by atoms with Crippen molar-refractivity contribution in [2.45, 2.75) is 12.6 Å². The predicted octanol–water partition coefficient (Wildman–Crippen LogP) is 0.727. The van der Waals surface area contributed by atoms with Gasteiger partial charge in [-0.1, -0.05) is 6.07 Å². The predicted molar refractivity (Wildman–Crippen MR) is 119 cm³/mol. The molecule has 0 radical (unpaired) electrons. The molecular weight excluding hydrogens is 426 g/mol. The smallest absolute Gasteiger partial charge is 0.252 e. The van der Waals surface area contributed by atoms with Crippen molar-refractivity contribution in [1.29, 1.82) is 0 Å². The summed E-state index contributed by atoms with van der Waals surface area (Å²) in [6.45, 7) is 2.97. The maximum Gasteiger partial charge on any atom is 0.252 e. The number of amides is 2. The number of nitrogens with one attached hydrogen (secondary N) is 2. The van der Waals surface area contributed by atoms with Crippen LogP contribution in [0.15, 0.2) is 42.7 Å². The molecule has 1 fully saturated rings. The number of aromatic amines is 1. The topological polar surface area (TPSA) is 120 Å². The Hall–Kier alpha value is -3.63. The first-order valence-electron chi connectivity index (χ1n) is 10.9. The second-order valence-corrected chi connectivity index (χ2v) is 8.13. The molecule has 33 heavy (non-hydrogen) atoms. The molecule has 172 valence electrons. The summed E-state index contributed by atoms with van der Waals surface area (Å²) in [5.74, 6) is 0.821. The van der Waals surface area contributed by atoms with E-state index in [0.29, 0.717) is 31.7 Å². The zero-order valence-electron chi connectivity index (χ0n) is 18.0. The van der Waals surface area contributed by atoms with Crippen LogP contribution in [0.2, 0.25) is 0 Å². The van der Waals surface area contributed by atoms with Crippen molar-refractivity contribution in [3.05, 3.63) is 53.9 Å². The lowest BCUT2D eigenvalue weighted by molar-refractivity contribution is -0.136. The molecule has 3 aromatic rings. The Morgan fingerprint density at radius 3 is 2.73 bits per heavy atom. The van der Waals surface area contributed by atoms with Gasteiger partial charge in [0.2, 0.25) is 12.7 Å². The molecule has 2 aliphatic heterocycles. The highest BCUT2D eigenvalue weighted by Crippen LogP contribution is 2.32. The molecule has 0 saturated carbocycles. The van der Waals surface area contributed by atoms with Crippen molar-refractivity contribution >= 4 is 22.8 Å². The molecule has 0 bridgehead atoms. The Labute approximate surface area is 190 Å². The van der Waals surface area contributed by atoms with Gasteiger partial charge in [0.1, 0.15) is 6.04 Å². The van der Waals surface area contributed by atoms with E-state index in [2.05, 4.69) is 20.2 Å². The molecule has 1 aromatic heterocycles. The fourth-order valence-electron chi connectivity index (χ4n) is 4.15. The molecule has 1 unspecified atom stereocenters. The van der Waals surface area contributed by atoms with Crippen molar-refractivity contribution < 1.29 is 24.2 Å². The third-order valence-electron chi connectivity index (χ3n) is 6.00. The maximum absolute atomic E-state index is 12.9. The summed E-state index contributed by atoms with van der Waals surface area (Å²) in [6, 6.07) is 9.97. The van der Waals surface area contributed by atoms with Gasteiger partial charge < -0.3 is 29.8 Å². The highest BCUT2D eigenvalue weighted by molar-refractivity contribution is 5.99. The number of piperazine rings is 1. The third kappa shape index (κ3) is 4.48. The fourth-order valence-corrected chi connectivity index (χ4v) is 4.15. The number of rotatable bonds is 6. The number of nitrogens with zero attached hydrogens (tertiary/aromatic N) is 3. The van der Waals surface area contributed by atoms with Gasteiger partial charge in [0, 0.05) is 38.3 Å². The van der Waals surface area contributed by atoms with Crippen LogP contribution in [0.5, 0.6) is 11.5 Å². The van der Waals surface area contributed by atoms with Crippen molar-refractivity contribution in [3.63, 3.8) is 0 Å². The molecule has 2 aliphatic rings. The quantitative estimate of drug-likeness (QED) is 0.505. The number of ether oxygens (including phenoxy) is 2. The molecule has 3 N–H and O–H groups in total. The highest BCUT2D eigenvalue weighted by Gasteiger charge is 2.29. The minimum atomic E-state index is -0.990. The van der Waals surface area contributed by atoms with Gasteiger partial charge in [-0.2, -0.15) is 0 Å². The SMILES string of the molecule is O=C(NC(CO)C(=O)N1CCN(Cc2ccc3c(c2)OCO3)CC1)c1ccc2nc[nH]c2c1. The summed E-state index contributed by atoms with van der Waals surface area (Å²) in [5, 5.41) is 12.4. The van der Waals surface area contributed by atoms with Crippen LogP contribution in [0.4, 0.5) is 0 Å². The number of hydrogen-bond acceptors (Lipinski definition) is 7. The van der Waals surface area contributed by atoms with Crippen LogP contribution in [0.1, 0.15) is 15.9 Å². The van der Waals surface area contributed by atoms with Crippen molar-refractivity contribution in [1.82, 2.24) is 25.1 Å². The molecule has 3 heterocycles. The van der Waals surface area contributed by atoms with Crippen LogP contribution in [0.25, 0.3) is 11.0 Å². The third-order valence-corrected chi connectivity index (χ3v) is 6.00. The van der Waals surface area contributed by atoms with Crippen LogP contribution in [0.3, 0.4) is 0 Å². The molecule has 2 aromatic carbocycles. The number of H-pyrrole nitrogens is 1. The highest BCUT2D eigenvalue weighted by atomic mass is 16.7. The van der Waals surface area contributed by atoms with Gasteiger partial charge in [0.15, 0.2) is 11.5 Å². The Morgan fingerprint density at radius 2 is 1.91 bits per heavy atom. The average Bonchev–Trinajstić information content (AvgIpc) is 3.51. The first kappa shape index (κ1) is 21.2. The number of imidazole rings is 1. The van der Waals surface area contributed by atoms with Crippen LogP contribution in [-0.2, 0) is 11.3 Å². The first-order chi connectivity index (χ1) is 16.1. The molecule has 5 rings (SSSR count). The van der Waals surface area contributed by atoms with Gasteiger partial charge in [-0.3, -0.25) is 14.5 Å². The second kappa shape index (κ2) is 9.08. The van der Waals surface area contributed by atoms with Crippen LogP contribution in [-0.4, -0.2) is 82.3 Å². The van der Waals surface area contributed by atoms with Crippen molar-refractivity contribution in [2.75, 3.05) is 39.6 Å². The van der Waals surface area contributed by atoms with Crippen LogP contribution < -0.4 is 14.8 Å². The van der Waals surface area contributed by atoms with E-state index in [4.69, 9.17) is 9.47 Å². The number of carbonyl (C=O) groups is 2. The van der Waals surface area contributed by atoms with E-state index in [1.165, 1.54) is 0 Å². The summed E-state index contributed by atoms with van der Waals surface area (Å²) in [7, 11) is 0. The van der Waals surface area contributed by atoms with Crippen LogP contribution in [0, 0.1) is 0 Å². The van der Waals surface area contributed by atoms with Crippen molar-refractivity contribution in [2.24, 2.45) is 0 Å². The lowest BCUT2D eigenvalue weighted by atomic mass is 10.1. The lowest BCUT2D eigenvalue weighted by Gasteiger charge is -2.36. The number of aliphatic hydroxyl groups excluding tert-OH is 1. The van der Waals surface area contributed by atoms with E-state index < -0.39 is 18.6 Å². The number of aliphatic hydroxyl groups is 1. The van der Waals surface area contributed by atoms with Crippen LogP contribution >= 0.6 is 0 Å². The van der Waals surface area contributed by atoms with Gasteiger partial charge in [-0.05, 0) is 35.9 Å². The fraction of sp³-hybridized carbons (Fsp3) is 0.348. The number of carbonyl (C=O) groups excluding carboxylic acids is 2. The number of aromatic nitrogens is 2. The largest absolute Gasteiger partial charge is 0.454 e. The summed E-state index contributed by atoms with van der Waals surface area (Å²) in [5.41, 5.74) is 2.99. The van der Waals surface area contributed by atoms with E-state index in [-0.39, 0.29) is 12.7 Å². The number of hydrogen-bond donors (Lipinski definition) is 3. The van der Waals surface area contributed by atoms with E-state index >= 15 is 0 Å². The van der Waals surface area contributed by atoms with Gasteiger partial charge in [-0.25, -0.2) is 4.98 Å². The summed E-state index contributed by atoms with van der Waals surface area (Å²) < 4.78 is 10.8. The molecule has 10 nitrogen and oxygen atoms in total. The maximum atomic E-state index is 12.9. The zero-order chi connectivity index (χ0) is 22.8. The zero-order valence-corrected chi connectivity index (χ0v) is 18.0. The Kier molecular flexibility index (Phi) is 5.84. The van der Waals surface area contributed by atoms with Gasteiger partial charge in [0.05, 0.1) is 24.0 Å². The monoisotopic (exact) mass is 451 g/mol. The lowest BCUT2D eigenvalue weighted by Crippen LogP contribution is -2.55. The Bertz CT molecular complexity index is 1170. The molecule has 1 saturated heterocycles. The van der Waals surface area contributed by atoms with E-state index in [0.717, 1.165) is 34.6 Å². The summed E-state index contributed by atoms with van der Waals surface area (Å²) in [4.78, 5) is 36.6. The standard InChI is InChI=1S/C23H25N5O5/c29-12-19(26-22(30)16-2-3-17-18(10-16)25-13-24-17)23(31)28-7-5-27(6-8-28)11-15-1-4-20-21(9-15)33-14-32-20/h1-4,9-10,13,19,29H,5-8,11-12,14H2,(H,24,25)(H,26,30). The molecule has 0 aliphatic carbocycles. The van der Waals surface area contributed by atoms with E-state index in [1.54, 1.807) is 29.4 Å². The number of benzene rings is 2. The molecular formula is C23H25N5O5. The first-order valence-corrected chi connectivity index (χ1v) is 10.9. The van der Waals surface area contributed by atoms with E-state index in [9.17, 15) is 14.7 Å². The average molecular weight is 451 g/mol. The summed E-state index contributed by atoms with van der Waals surface area (Å²) in [6.07, 6.45) is 1.55. The van der Waals surface area contributed by atoms with Crippen molar-refractivity contribution in [3.8, 4) is 11.5 Å². The Balaban J connectivity index is 1.15. The normalized spacial score (nSPS) is 16.7. The van der Waals surface area contributed by atoms with E-state index in [1.807, 2.05) is 18.2 Å². The number of fused-ring (bicyclic) bond motifs is 2. The second-order valence-electron chi connectivity index (χ2n) is 8.13. The summed E-state index contributed by atoms with van der Waals surface area (Å²) >= 11 is 0. The van der Waals surface area contributed by atoms with Gasteiger partial charge >= 0.3 is 0 Å².